The van der Waals surface area contributed by atoms with E-state index in [9.17, 15) is 8.42 Å². The van der Waals surface area contributed by atoms with Gasteiger partial charge in [-0.3, -0.25) is 0 Å². The van der Waals surface area contributed by atoms with E-state index in [2.05, 4.69) is 20.9 Å². The summed E-state index contributed by atoms with van der Waals surface area (Å²) in [6.45, 7) is 0. The predicted molar refractivity (Wildman–Crippen MR) is 78.3 cm³/mol. The lowest BCUT2D eigenvalue weighted by atomic mass is 10.3. The number of benzene rings is 1. The molecule has 1 aromatic heterocycles. The van der Waals surface area contributed by atoms with Gasteiger partial charge in [0.15, 0.2) is 0 Å². The minimum Gasteiger partial charge on any atom is -0.398 e. The molecule has 1 heterocycles. The maximum absolute atomic E-state index is 11.2. The minimum atomic E-state index is -3.73. The van der Waals surface area contributed by atoms with Crippen LogP contribution in [0.2, 0.25) is 0 Å². The lowest BCUT2D eigenvalue weighted by Gasteiger charge is -2.06. The van der Waals surface area contributed by atoms with Crippen molar-refractivity contribution in [1.29, 1.82) is 0 Å². The molecule has 0 saturated carbocycles. The minimum absolute atomic E-state index is 0.00175. The molecule has 19 heavy (non-hydrogen) atoms. The van der Waals surface area contributed by atoms with E-state index in [0.29, 0.717) is 5.69 Å². The van der Waals surface area contributed by atoms with Crippen molar-refractivity contribution >= 4 is 43.4 Å². The number of nitrogens with two attached hydrogens (primary N) is 2. The summed E-state index contributed by atoms with van der Waals surface area (Å²) in [7, 11) is -3.73. The number of primary sulfonamides is 1. The molecule has 1 aromatic carbocycles. The number of aromatic nitrogens is 1. The van der Waals surface area contributed by atoms with Gasteiger partial charge < -0.3 is 5.73 Å². The van der Waals surface area contributed by atoms with E-state index in [4.69, 9.17) is 10.9 Å². The number of rotatable bonds is 3. The van der Waals surface area contributed by atoms with Gasteiger partial charge >= 0.3 is 0 Å². The normalized spacial score (nSPS) is 11.5. The molecule has 0 amide bonds. The van der Waals surface area contributed by atoms with Crippen LogP contribution in [-0.2, 0) is 10.0 Å². The fourth-order valence-electron chi connectivity index (χ4n) is 1.33. The molecule has 5 nitrogen and oxygen atoms in total. The Morgan fingerprint density at radius 2 is 1.95 bits per heavy atom. The smallest absolute Gasteiger partial charge is 0.238 e. The molecular formula is C11H10BrN3O2S2. The summed E-state index contributed by atoms with van der Waals surface area (Å²) in [4.78, 5) is 4.93. The Morgan fingerprint density at radius 3 is 2.47 bits per heavy atom. The molecule has 0 fully saturated rings. The third kappa shape index (κ3) is 3.69. The number of hydrogen-bond donors (Lipinski definition) is 2. The van der Waals surface area contributed by atoms with E-state index >= 15 is 0 Å². The van der Waals surface area contributed by atoms with Crippen LogP contribution in [0.25, 0.3) is 0 Å². The lowest BCUT2D eigenvalue weighted by Crippen LogP contribution is -2.12. The number of anilines is 1. The molecule has 2 aromatic rings. The van der Waals surface area contributed by atoms with E-state index in [1.54, 1.807) is 12.3 Å². The summed E-state index contributed by atoms with van der Waals surface area (Å²) in [6.07, 6.45) is 1.68. The monoisotopic (exact) mass is 359 g/mol. The summed E-state index contributed by atoms with van der Waals surface area (Å²) in [5, 5.41) is 5.80. The van der Waals surface area contributed by atoms with Gasteiger partial charge in [-0.2, -0.15) is 0 Å². The Morgan fingerprint density at radius 1 is 1.21 bits per heavy atom. The summed E-state index contributed by atoms with van der Waals surface area (Å²) >= 11 is 4.65. The number of pyridine rings is 1. The van der Waals surface area contributed by atoms with Gasteiger partial charge in [-0.1, -0.05) is 11.8 Å². The Balaban J connectivity index is 2.29. The van der Waals surface area contributed by atoms with Crippen LogP contribution in [0.15, 0.2) is 55.8 Å². The zero-order valence-corrected chi connectivity index (χ0v) is 12.8. The Hall–Kier alpha value is -1.09. The second-order valence-corrected chi connectivity index (χ2v) is 7.20. The van der Waals surface area contributed by atoms with Crippen molar-refractivity contribution in [3.8, 4) is 0 Å². The van der Waals surface area contributed by atoms with E-state index in [1.807, 2.05) is 12.1 Å². The van der Waals surface area contributed by atoms with Gasteiger partial charge in [0.25, 0.3) is 0 Å². The van der Waals surface area contributed by atoms with Crippen LogP contribution in [0.4, 0.5) is 5.69 Å². The number of halogens is 1. The van der Waals surface area contributed by atoms with Crippen LogP contribution >= 0.6 is 27.7 Å². The van der Waals surface area contributed by atoms with Crippen molar-refractivity contribution in [1.82, 2.24) is 4.98 Å². The van der Waals surface area contributed by atoms with E-state index in [0.717, 1.165) is 14.4 Å². The molecule has 2 rings (SSSR count). The van der Waals surface area contributed by atoms with Crippen molar-refractivity contribution in [3.63, 3.8) is 0 Å². The van der Waals surface area contributed by atoms with E-state index in [1.165, 1.54) is 23.9 Å². The average molecular weight is 360 g/mol. The van der Waals surface area contributed by atoms with Gasteiger partial charge in [-0.25, -0.2) is 18.5 Å². The third-order valence-corrected chi connectivity index (χ3v) is 4.65. The first-order chi connectivity index (χ1) is 8.86. The number of nitrogen functional groups attached to an aromatic ring is 1. The molecule has 0 radical (unpaired) electrons. The van der Waals surface area contributed by atoms with Crippen molar-refractivity contribution < 1.29 is 8.42 Å². The number of hydrogen-bond acceptors (Lipinski definition) is 5. The van der Waals surface area contributed by atoms with Gasteiger partial charge in [0, 0.05) is 21.3 Å². The highest BCUT2D eigenvalue weighted by molar-refractivity contribution is 9.10. The zero-order valence-electron chi connectivity index (χ0n) is 9.58. The average Bonchev–Trinajstić information content (AvgIpc) is 2.33. The van der Waals surface area contributed by atoms with Crippen molar-refractivity contribution in [2.75, 3.05) is 5.73 Å². The van der Waals surface area contributed by atoms with Crippen molar-refractivity contribution in [2.24, 2.45) is 5.14 Å². The van der Waals surface area contributed by atoms with Gasteiger partial charge in [-0.05, 0) is 46.3 Å². The topological polar surface area (TPSA) is 99.1 Å². The standard InChI is InChI=1S/C11H10BrN3O2S2/c12-7-1-4-11(15-6-7)18-10-3-2-8(5-9(10)13)19(14,16)17/h1-6H,13H2,(H2,14,16,17). The van der Waals surface area contributed by atoms with Crippen molar-refractivity contribution in [3.05, 3.63) is 41.0 Å². The van der Waals surface area contributed by atoms with Crippen LogP contribution in [0, 0.1) is 0 Å². The maximum Gasteiger partial charge on any atom is 0.238 e. The molecule has 0 aliphatic heterocycles. The Bertz CT molecular complexity index is 702. The summed E-state index contributed by atoms with van der Waals surface area (Å²) < 4.78 is 23.3. The molecule has 0 bridgehead atoms. The lowest BCUT2D eigenvalue weighted by molar-refractivity contribution is 0.598. The Kier molecular flexibility index (Phi) is 4.14. The zero-order chi connectivity index (χ0) is 14.0. The number of sulfonamides is 1. The highest BCUT2D eigenvalue weighted by Crippen LogP contribution is 2.32. The Labute approximate surface area is 123 Å². The maximum atomic E-state index is 11.2. The molecule has 4 N–H and O–H groups in total. The molecule has 0 spiro atoms. The number of nitrogens with zero attached hydrogens (tertiary/aromatic N) is 1. The van der Waals surface area contributed by atoms with Crippen LogP contribution in [0.3, 0.4) is 0 Å². The summed E-state index contributed by atoms with van der Waals surface area (Å²) in [5.74, 6) is 0. The molecule has 0 aliphatic rings. The first-order valence-corrected chi connectivity index (χ1v) is 8.23. The first kappa shape index (κ1) is 14.3. The molecular weight excluding hydrogens is 350 g/mol. The highest BCUT2D eigenvalue weighted by atomic mass is 79.9. The molecule has 0 atom stereocenters. The third-order valence-electron chi connectivity index (χ3n) is 2.22. The molecule has 8 heteroatoms. The van der Waals surface area contributed by atoms with Gasteiger partial charge in [-0.15, -0.1) is 0 Å². The van der Waals surface area contributed by atoms with E-state index in [-0.39, 0.29) is 4.90 Å². The summed E-state index contributed by atoms with van der Waals surface area (Å²) in [6, 6.07) is 8.08. The predicted octanol–water partition coefficient (Wildman–Crippen LogP) is 2.22. The molecule has 0 saturated heterocycles. The molecule has 0 aliphatic carbocycles. The van der Waals surface area contributed by atoms with Crippen LogP contribution in [-0.4, -0.2) is 13.4 Å². The fourth-order valence-corrected chi connectivity index (χ4v) is 2.89. The van der Waals surface area contributed by atoms with Crippen LogP contribution < -0.4 is 10.9 Å². The highest BCUT2D eigenvalue weighted by Gasteiger charge is 2.11. The quantitative estimate of drug-likeness (QED) is 0.818. The van der Waals surface area contributed by atoms with Gasteiger partial charge in [0.2, 0.25) is 10.0 Å². The molecule has 0 unspecified atom stereocenters. The fraction of sp³-hybridized carbons (Fsp3) is 0. The van der Waals surface area contributed by atoms with Crippen molar-refractivity contribution in [2.45, 2.75) is 14.8 Å². The second-order valence-electron chi connectivity index (χ2n) is 3.66. The van der Waals surface area contributed by atoms with Gasteiger partial charge in [0.05, 0.1) is 4.90 Å². The van der Waals surface area contributed by atoms with E-state index < -0.39 is 10.0 Å². The molecule has 100 valence electrons. The van der Waals surface area contributed by atoms with Gasteiger partial charge in [0.1, 0.15) is 5.03 Å². The SMILES string of the molecule is Nc1cc(S(N)(=O)=O)ccc1Sc1ccc(Br)cn1. The summed E-state index contributed by atoms with van der Waals surface area (Å²) in [5.41, 5.74) is 6.17. The second kappa shape index (κ2) is 5.49. The van der Waals surface area contributed by atoms with Crippen LogP contribution in [0.1, 0.15) is 0 Å². The first-order valence-electron chi connectivity index (χ1n) is 5.08. The van der Waals surface area contributed by atoms with Crippen LogP contribution in [0.5, 0.6) is 0 Å². The largest absolute Gasteiger partial charge is 0.398 e.